The molecular weight excluding hydrogens is 318 g/mol. The van der Waals surface area contributed by atoms with Gasteiger partial charge in [0.1, 0.15) is 18.6 Å². The van der Waals surface area contributed by atoms with E-state index in [9.17, 15) is 0 Å². The maximum absolute atomic E-state index is 5.31. The van der Waals surface area contributed by atoms with Crippen molar-refractivity contribution >= 4 is 0 Å². The highest BCUT2D eigenvalue weighted by atomic mass is 16.5. The smallest absolute Gasteiger partial charge is 0.248 e. The molecule has 0 aliphatic heterocycles. The Labute approximate surface area is 143 Å². The van der Waals surface area contributed by atoms with Gasteiger partial charge < -0.3 is 9.26 Å². The zero-order valence-corrected chi connectivity index (χ0v) is 13.5. The van der Waals surface area contributed by atoms with Crippen LogP contribution in [0.2, 0.25) is 0 Å². The van der Waals surface area contributed by atoms with E-state index in [0.717, 1.165) is 16.9 Å². The Morgan fingerprint density at radius 3 is 2.48 bits per heavy atom. The maximum Gasteiger partial charge on any atom is 0.248 e. The highest BCUT2D eigenvalue weighted by molar-refractivity contribution is 5.55. The van der Waals surface area contributed by atoms with Gasteiger partial charge in [-0.2, -0.15) is 10.1 Å². The van der Waals surface area contributed by atoms with E-state index in [1.807, 2.05) is 54.6 Å². The Morgan fingerprint density at radius 1 is 0.960 bits per heavy atom. The highest BCUT2D eigenvalue weighted by Gasteiger charge is 2.11. The lowest BCUT2D eigenvalue weighted by Crippen LogP contribution is -2.00. The molecule has 7 nitrogen and oxygen atoms in total. The SMILES string of the molecule is COc1ccc(-c2noc(Cn3cnc(-c4ccccc4)n3)n2)cc1. The van der Waals surface area contributed by atoms with Gasteiger partial charge in [0.2, 0.25) is 11.7 Å². The third-order valence-electron chi connectivity index (χ3n) is 3.68. The molecule has 0 aliphatic carbocycles. The molecule has 0 unspecified atom stereocenters. The van der Waals surface area contributed by atoms with E-state index in [2.05, 4.69) is 20.2 Å². The number of aromatic nitrogens is 5. The molecule has 0 saturated heterocycles. The molecule has 2 heterocycles. The predicted molar refractivity (Wildman–Crippen MR) is 90.8 cm³/mol. The maximum atomic E-state index is 5.31. The Bertz CT molecular complexity index is 961. The third kappa shape index (κ3) is 3.25. The lowest BCUT2D eigenvalue weighted by Gasteiger charge is -1.99. The van der Waals surface area contributed by atoms with Gasteiger partial charge in [0.05, 0.1) is 7.11 Å². The van der Waals surface area contributed by atoms with E-state index in [1.54, 1.807) is 18.1 Å². The second kappa shape index (κ2) is 6.56. The topological polar surface area (TPSA) is 78.9 Å². The lowest BCUT2D eigenvalue weighted by molar-refractivity contribution is 0.366. The van der Waals surface area contributed by atoms with Crippen LogP contribution in [0.15, 0.2) is 65.4 Å². The van der Waals surface area contributed by atoms with Crippen LogP contribution < -0.4 is 4.74 Å². The average Bonchev–Trinajstić information content (AvgIpc) is 3.33. The van der Waals surface area contributed by atoms with Gasteiger partial charge in [-0.1, -0.05) is 35.5 Å². The molecule has 0 bridgehead atoms. The lowest BCUT2D eigenvalue weighted by atomic mass is 10.2. The van der Waals surface area contributed by atoms with Gasteiger partial charge in [-0.25, -0.2) is 9.67 Å². The van der Waals surface area contributed by atoms with Gasteiger partial charge in [-0.3, -0.25) is 0 Å². The Balaban J connectivity index is 1.50. The van der Waals surface area contributed by atoms with Crippen molar-refractivity contribution in [2.45, 2.75) is 6.54 Å². The molecule has 124 valence electrons. The molecule has 0 aliphatic rings. The first-order valence-electron chi connectivity index (χ1n) is 7.74. The second-order valence-corrected chi connectivity index (χ2v) is 5.37. The summed E-state index contributed by atoms with van der Waals surface area (Å²) in [5.74, 6) is 2.44. The van der Waals surface area contributed by atoms with Crippen molar-refractivity contribution < 1.29 is 9.26 Å². The Kier molecular flexibility index (Phi) is 3.96. The van der Waals surface area contributed by atoms with Crippen molar-refractivity contribution in [3.05, 3.63) is 66.8 Å². The molecule has 2 aromatic carbocycles. The number of methoxy groups -OCH3 is 1. The minimum absolute atomic E-state index is 0.364. The van der Waals surface area contributed by atoms with Crippen LogP contribution in [0.3, 0.4) is 0 Å². The fraction of sp³-hybridized carbons (Fsp3) is 0.111. The summed E-state index contributed by atoms with van der Waals surface area (Å²) in [6.07, 6.45) is 1.65. The fourth-order valence-corrected chi connectivity index (χ4v) is 2.41. The van der Waals surface area contributed by atoms with E-state index in [1.165, 1.54) is 0 Å². The second-order valence-electron chi connectivity index (χ2n) is 5.37. The number of nitrogens with zero attached hydrogens (tertiary/aromatic N) is 5. The Hall–Kier alpha value is -3.48. The molecule has 7 heteroatoms. The van der Waals surface area contributed by atoms with Crippen LogP contribution in [0, 0.1) is 0 Å². The zero-order valence-electron chi connectivity index (χ0n) is 13.5. The van der Waals surface area contributed by atoms with Gasteiger partial charge in [0.15, 0.2) is 5.82 Å². The van der Waals surface area contributed by atoms with Gasteiger partial charge in [-0.15, -0.1) is 0 Å². The summed E-state index contributed by atoms with van der Waals surface area (Å²) in [7, 11) is 1.63. The molecule has 0 radical (unpaired) electrons. The van der Waals surface area contributed by atoms with Crippen LogP contribution in [-0.4, -0.2) is 32.0 Å². The largest absolute Gasteiger partial charge is 0.497 e. The van der Waals surface area contributed by atoms with E-state index < -0.39 is 0 Å². The van der Waals surface area contributed by atoms with E-state index in [-0.39, 0.29) is 0 Å². The van der Waals surface area contributed by atoms with Crippen LogP contribution in [0.5, 0.6) is 5.75 Å². The molecule has 0 atom stereocenters. The average molecular weight is 333 g/mol. The third-order valence-corrected chi connectivity index (χ3v) is 3.68. The monoisotopic (exact) mass is 333 g/mol. The highest BCUT2D eigenvalue weighted by Crippen LogP contribution is 2.20. The zero-order chi connectivity index (χ0) is 17.1. The van der Waals surface area contributed by atoms with Gasteiger partial charge >= 0.3 is 0 Å². The summed E-state index contributed by atoms with van der Waals surface area (Å²) in [6.45, 7) is 0.364. The predicted octanol–water partition coefficient (Wildman–Crippen LogP) is 3.05. The molecule has 0 N–H and O–H groups in total. The first kappa shape index (κ1) is 15.1. The minimum Gasteiger partial charge on any atom is -0.497 e. The summed E-state index contributed by atoms with van der Waals surface area (Å²) < 4.78 is 12.1. The normalized spacial score (nSPS) is 10.8. The molecule has 0 spiro atoms. The summed E-state index contributed by atoms with van der Waals surface area (Å²) in [5.41, 5.74) is 1.82. The van der Waals surface area contributed by atoms with Gasteiger partial charge in [0.25, 0.3) is 0 Å². The molecule has 2 aromatic heterocycles. The minimum atomic E-state index is 0.364. The molecule has 0 saturated carbocycles. The number of hydrogen-bond acceptors (Lipinski definition) is 6. The van der Waals surface area contributed by atoms with Crippen molar-refractivity contribution in [3.8, 4) is 28.5 Å². The van der Waals surface area contributed by atoms with Crippen LogP contribution in [0.1, 0.15) is 5.89 Å². The summed E-state index contributed by atoms with van der Waals surface area (Å²) >= 11 is 0. The van der Waals surface area contributed by atoms with Crippen LogP contribution in [0.4, 0.5) is 0 Å². The van der Waals surface area contributed by atoms with E-state index in [0.29, 0.717) is 24.1 Å². The standard InChI is InChI=1S/C18H15N5O2/c1-24-15-9-7-14(8-10-15)18-20-16(25-22-18)11-23-12-19-17(21-23)13-5-3-2-4-6-13/h2-10,12H,11H2,1H3. The van der Waals surface area contributed by atoms with Crippen molar-refractivity contribution in [1.82, 2.24) is 24.9 Å². The van der Waals surface area contributed by atoms with Crippen LogP contribution >= 0.6 is 0 Å². The molecule has 25 heavy (non-hydrogen) atoms. The molecular formula is C18H15N5O2. The van der Waals surface area contributed by atoms with Crippen molar-refractivity contribution in [2.24, 2.45) is 0 Å². The molecule has 0 fully saturated rings. The summed E-state index contributed by atoms with van der Waals surface area (Å²) in [6, 6.07) is 17.3. The number of rotatable bonds is 5. The van der Waals surface area contributed by atoms with Gasteiger partial charge in [-0.05, 0) is 24.3 Å². The summed E-state index contributed by atoms with van der Waals surface area (Å²) in [5, 5.41) is 8.46. The summed E-state index contributed by atoms with van der Waals surface area (Å²) in [4.78, 5) is 8.72. The molecule has 4 aromatic rings. The first-order valence-corrected chi connectivity index (χ1v) is 7.74. The molecule has 4 rings (SSSR count). The quantitative estimate of drug-likeness (QED) is 0.558. The van der Waals surface area contributed by atoms with Crippen molar-refractivity contribution in [2.75, 3.05) is 7.11 Å². The van der Waals surface area contributed by atoms with Crippen molar-refractivity contribution in [1.29, 1.82) is 0 Å². The van der Waals surface area contributed by atoms with Crippen LogP contribution in [-0.2, 0) is 6.54 Å². The molecule has 0 amide bonds. The fourth-order valence-electron chi connectivity index (χ4n) is 2.41. The van der Waals surface area contributed by atoms with Crippen LogP contribution in [0.25, 0.3) is 22.8 Å². The number of hydrogen-bond donors (Lipinski definition) is 0. The van der Waals surface area contributed by atoms with E-state index in [4.69, 9.17) is 9.26 Å². The number of benzene rings is 2. The van der Waals surface area contributed by atoms with Gasteiger partial charge in [0, 0.05) is 11.1 Å². The first-order chi connectivity index (χ1) is 12.3. The number of ether oxygens (including phenoxy) is 1. The van der Waals surface area contributed by atoms with E-state index >= 15 is 0 Å². The Morgan fingerprint density at radius 2 is 1.72 bits per heavy atom. The van der Waals surface area contributed by atoms with Crippen molar-refractivity contribution in [3.63, 3.8) is 0 Å².